The molecule has 0 fully saturated rings. The van der Waals surface area contributed by atoms with Gasteiger partial charge in [-0.2, -0.15) is 13.2 Å². The van der Waals surface area contributed by atoms with Crippen LogP contribution in [0.1, 0.15) is 52.4 Å². The van der Waals surface area contributed by atoms with Gasteiger partial charge in [0.1, 0.15) is 5.78 Å². The van der Waals surface area contributed by atoms with Crippen LogP contribution in [0.15, 0.2) is 0 Å². The Morgan fingerprint density at radius 3 is 1.76 bits per heavy atom. The molecule has 0 aromatic carbocycles. The molecule has 102 valence electrons. The molecule has 0 unspecified atom stereocenters. The lowest BCUT2D eigenvalue weighted by Crippen LogP contribution is -2.21. The molecule has 0 aliphatic heterocycles. The highest BCUT2D eigenvalue weighted by Gasteiger charge is 2.38. The number of ketones is 1. The predicted octanol–water partition coefficient (Wildman–Crippen LogP) is 3.57. The molecule has 0 bridgehead atoms. The summed E-state index contributed by atoms with van der Waals surface area (Å²) in [4.78, 5) is 19.4. The van der Waals surface area contributed by atoms with E-state index in [0.717, 1.165) is 12.8 Å². The number of rotatable bonds is 6. The van der Waals surface area contributed by atoms with Crippen LogP contribution in [0, 0.1) is 0 Å². The van der Waals surface area contributed by atoms with Gasteiger partial charge in [0.05, 0.1) is 0 Å². The average molecular weight is 256 g/mol. The summed E-state index contributed by atoms with van der Waals surface area (Å²) in [5.74, 6) is -2.43. The molecular formula is C11H19F3O3. The Bertz CT molecular complexity index is 224. The molecule has 0 amide bonds. The first-order valence-corrected chi connectivity index (χ1v) is 5.51. The molecule has 3 nitrogen and oxygen atoms in total. The summed E-state index contributed by atoms with van der Waals surface area (Å²) in [6, 6.07) is 0. The van der Waals surface area contributed by atoms with E-state index >= 15 is 0 Å². The van der Waals surface area contributed by atoms with Gasteiger partial charge >= 0.3 is 12.1 Å². The fourth-order valence-electron chi connectivity index (χ4n) is 0.977. The third-order valence-electron chi connectivity index (χ3n) is 1.87. The Hall–Kier alpha value is -1.07. The number of alkyl halides is 3. The van der Waals surface area contributed by atoms with Gasteiger partial charge in [-0.25, -0.2) is 4.79 Å². The van der Waals surface area contributed by atoms with Crippen molar-refractivity contribution in [2.45, 2.75) is 58.5 Å². The van der Waals surface area contributed by atoms with Crippen molar-refractivity contribution in [1.29, 1.82) is 0 Å². The zero-order valence-electron chi connectivity index (χ0n) is 10.1. The first-order chi connectivity index (χ1) is 7.71. The van der Waals surface area contributed by atoms with Gasteiger partial charge in [0.15, 0.2) is 0 Å². The van der Waals surface area contributed by atoms with Crippen molar-refractivity contribution in [1.82, 2.24) is 0 Å². The number of unbranched alkanes of at least 4 members (excludes halogenated alkanes) is 4. The van der Waals surface area contributed by atoms with Crippen molar-refractivity contribution in [3.63, 3.8) is 0 Å². The van der Waals surface area contributed by atoms with E-state index in [0.29, 0.717) is 5.78 Å². The molecule has 6 heteroatoms. The van der Waals surface area contributed by atoms with Crippen LogP contribution in [-0.2, 0) is 9.59 Å². The molecule has 0 spiro atoms. The van der Waals surface area contributed by atoms with Gasteiger partial charge in [-0.1, -0.05) is 32.6 Å². The number of carboxylic acids is 1. The first kappa shape index (κ1) is 18.3. The molecule has 0 radical (unpaired) electrons. The first-order valence-electron chi connectivity index (χ1n) is 5.51. The van der Waals surface area contributed by atoms with Crippen LogP contribution in [0.25, 0.3) is 0 Å². The molecule has 0 aromatic rings. The summed E-state index contributed by atoms with van der Waals surface area (Å²) >= 11 is 0. The van der Waals surface area contributed by atoms with E-state index in [1.807, 2.05) is 0 Å². The SMILES string of the molecule is CCCCCCCC(C)=O.O=C(O)C(F)(F)F. The molecule has 0 saturated heterocycles. The van der Waals surface area contributed by atoms with E-state index in [1.54, 1.807) is 6.92 Å². The normalized spacial score (nSPS) is 10.4. The number of hydrogen-bond donors (Lipinski definition) is 1. The molecule has 17 heavy (non-hydrogen) atoms. The summed E-state index contributed by atoms with van der Waals surface area (Å²) in [6.45, 7) is 3.87. The van der Waals surface area contributed by atoms with Crippen molar-refractivity contribution >= 4 is 11.8 Å². The number of carboxylic acid groups (broad SMARTS) is 1. The number of carbonyl (C=O) groups excluding carboxylic acids is 1. The Kier molecular flexibility index (Phi) is 10.9. The topological polar surface area (TPSA) is 54.4 Å². The second kappa shape index (κ2) is 10.1. The number of hydrogen-bond acceptors (Lipinski definition) is 2. The van der Waals surface area contributed by atoms with Crippen LogP contribution in [0.4, 0.5) is 13.2 Å². The van der Waals surface area contributed by atoms with Gasteiger partial charge < -0.3 is 9.90 Å². The third-order valence-corrected chi connectivity index (χ3v) is 1.87. The zero-order valence-corrected chi connectivity index (χ0v) is 10.1. The summed E-state index contributed by atoms with van der Waals surface area (Å²) < 4.78 is 31.7. The lowest BCUT2D eigenvalue weighted by molar-refractivity contribution is -0.192. The Morgan fingerprint density at radius 2 is 1.47 bits per heavy atom. The van der Waals surface area contributed by atoms with Gasteiger partial charge in [0, 0.05) is 6.42 Å². The number of aliphatic carboxylic acids is 1. The van der Waals surface area contributed by atoms with E-state index in [4.69, 9.17) is 9.90 Å². The molecule has 0 aromatic heterocycles. The molecule has 0 atom stereocenters. The molecule has 0 heterocycles. The van der Waals surface area contributed by atoms with Crippen molar-refractivity contribution in [2.24, 2.45) is 0 Å². The van der Waals surface area contributed by atoms with Crippen LogP contribution in [0.5, 0.6) is 0 Å². The van der Waals surface area contributed by atoms with E-state index < -0.39 is 12.1 Å². The smallest absolute Gasteiger partial charge is 0.475 e. The molecule has 0 aliphatic carbocycles. The average Bonchev–Trinajstić information content (AvgIpc) is 2.16. The summed E-state index contributed by atoms with van der Waals surface area (Å²) in [5, 5.41) is 7.12. The maximum atomic E-state index is 10.6. The van der Waals surface area contributed by atoms with Crippen molar-refractivity contribution in [3.05, 3.63) is 0 Å². The quantitative estimate of drug-likeness (QED) is 0.739. The van der Waals surface area contributed by atoms with Crippen LogP contribution in [-0.4, -0.2) is 23.0 Å². The highest BCUT2D eigenvalue weighted by atomic mass is 19.4. The highest BCUT2D eigenvalue weighted by Crippen LogP contribution is 2.13. The highest BCUT2D eigenvalue weighted by molar-refractivity contribution is 5.75. The summed E-state index contributed by atoms with van der Waals surface area (Å²) in [5.41, 5.74) is 0. The van der Waals surface area contributed by atoms with Crippen LogP contribution >= 0.6 is 0 Å². The van der Waals surface area contributed by atoms with Crippen molar-refractivity contribution in [2.75, 3.05) is 0 Å². The summed E-state index contributed by atoms with van der Waals surface area (Å²) in [7, 11) is 0. The van der Waals surface area contributed by atoms with E-state index in [9.17, 15) is 18.0 Å². The largest absolute Gasteiger partial charge is 0.490 e. The van der Waals surface area contributed by atoms with E-state index in [2.05, 4.69) is 6.92 Å². The number of carbonyl (C=O) groups is 2. The fourth-order valence-corrected chi connectivity index (χ4v) is 0.977. The standard InChI is InChI=1S/C9H18O.C2HF3O2/c1-3-4-5-6-7-8-9(2)10;3-2(4,5)1(6)7/h3-8H2,1-2H3;(H,6,7). The number of Topliss-reactive ketones (excluding diaryl/α,β-unsaturated/α-hetero) is 1. The molecule has 0 rings (SSSR count). The second-order valence-corrected chi connectivity index (χ2v) is 3.67. The fraction of sp³-hybridized carbons (Fsp3) is 0.818. The maximum Gasteiger partial charge on any atom is 0.490 e. The maximum absolute atomic E-state index is 10.6. The van der Waals surface area contributed by atoms with Gasteiger partial charge in [0.25, 0.3) is 0 Å². The van der Waals surface area contributed by atoms with Gasteiger partial charge in [0.2, 0.25) is 0 Å². The van der Waals surface area contributed by atoms with Gasteiger partial charge in [-0.15, -0.1) is 0 Å². The lowest BCUT2D eigenvalue weighted by Gasteiger charge is -1.95. The van der Waals surface area contributed by atoms with Crippen molar-refractivity contribution < 1.29 is 27.9 Å². The van der Waals surface area contributed by atoms with Crippen LogP contribution < -0.4 is 0 Å². The minimum atomic E-state index is -5.08. The van der Waals surface area contributed by atoms with Gasteiger partial charge in [-0.3, -0.25) is 0 Å². The molecule has 1 N–H and O–H groups in total. The Balaban J connectivity index is 0. The Morgan fingerprint density at radius 1 is 1.06 bits per heavy atom. The zero-order chi connectivity index (χ0) is 13.9. The minimum Gasteiger partial charge on any atom is -0.475 e. The van der Waals surface area contributed by atoms with E-state index in [-0.39, 0.29) is 0 Å². The van der Waals surface area contributed by atoms with Crippen molar-refractivity contribution in [3.8, 4) is 0 Å². The minimum absolute atomic E-state index is 0.330. The third kappa shape index (κ3) is 17.5. The van der Waals surface area contributed by atoms with Gasteiger partial charge in [-0.05, 0) is 13.3 Å². The number of halogens is 3. The molecular weight excluding hydrogens is 237 g/mol. The monoisotopic (exact) mass is 256 g/mol. The lowest BCUT2D eigenvalue weighted by atomic mass is 10.1. The second-order valence-electron chi connectivity index (χ2n) is 3.67. The Labute approximate surface area is 99.0 Å². The van der Waals surface area contributed by atoms with E-state index in [1.165, 1.54) is 25.7 Å². The van der Waals surface area contributed by atoms with Crippen LogP contribution in [0.3, 0.4) is 0 Å². The molecule has 0 saturated carbocycles. The predicted molar refractivity (Wildman–Crippen MR) is 57.7 cm³/mol. The van der Waals surface area contributed by atoms with Crippen LogP contribution in [0.2, 0.25) is 0 Å². The summed E-state index contributed by atoms with van der Waals surface area (Å²) in [6.07, 6.45) is 1.91. The molecule has 0 aliphatic rings.